The highest BCUT2D eigenvalue weighted by Crippen LogP contribution is 2.12. The molecular weight excluding hydrogens is 188 g/mol. The maximum atomic E-state index is 12.1. The van der Waals surface area contributed by atoms with E-state index in [0.29, 0.717) is 5.91 Å². The van der Waals surface area contributed by atoms with Crippen molar-refractivity contribution in [2.45, 2.75) is 39.5 Å². The first-order valence-electron chi connectivity index (χ1n) is 6.25. The van der Waals surface area contributed by atoms with Gasteiger partial charge in [-0.3, -0.25) is 4.79 Å². The van der Waals surface area contributed by atoms with Crippen molar-refractivity contribution >= 4 is 5.91 Å². The average Bonchev–Trinajstić information content (AvgIpc) is 2.53. The number of nitrogens with zero attached hydrogens (tertiary/aromatic N) is 1. The van der Waals surface area contributed by atoms with Crippen LogP contribution in [0.1, 0.15) is 39.5 Å². The van der Waals surface area contributed by atoms with Crippen LogP contribution in [0.2, 0.25) is 0 Å². The minimum absolute atomic E-state index is 0.211. The largest absolute Gasteiger partial charge is 0.341 e. The SMILES string of the molecule is CCCCC(C)C(=O)N1CCCNCC1. The van der Waals surface area contributed by atoms with Gasteiger partial charge in [-0.1, -0.05) is 26.7 Å². The van der Waals surface area contributed by atoms with E-state index < -0.39 is 0 Å². The number of amides is 1. The van der Waals surface area contributed by atoms with Crippen LogP contribution >= 0.6 is 0 Å². The number of rotatable bonds is 4. The van der Waals surface area contributed by atoms with Gasteiger partial charge in [-0.05, 0) is 19.4 Å². The lowest BCUT2D eigenvalue weighted by atomic mass is 10.0. The highest BCUT2D eigenvalue weighted by molar-refractivity contribution is 5.78. The summed E-state index contributed by atoms with van der Waals surface area (Å²) < 4.78 is 0. The lowest BCUT2D eigenvalue weighted by Gasteiger charge is -2.23. The van der Waals surface area contributed by atoms with Crippen LogP contribution in [-0.4, -0.2) is 37.0 Å². The van der Waals surface area contributed by atoms with Crippen molar-refractivity contribution in [1.82, 2.24) is 10.2 Å². The number of carbonyl (C=O) groups is 1. The van der Waals surface area contributed by atoms with Crippen molar-refractivity contribution in [1.29, 1.82) is 0 Å². The van der Waals surface area contributed by atoms with Gasteiger partial charge >= 0.3 is 0 Å². The Morgan fingerprint density at radius 3 is 2.93 bits per heavy atom. The topological polar surface area (TPSA) is 32.3 Å². The molecule has 1 N–H and O–H groups in total. The minimum Gasteiger partial charge on any atom is -0.341 e. The second-order valence-corrected chi connectivity index (χ2v) is 4.47. The van der Waals surface area contributed by atoms with Crippen LogP contribution < -0.4 is 5.32 Å². The number of carbonyl (C=O) groups excluding carboxylic acids is 1. The molecule has 1 heterocycles. The van der Waals surface area contributed by atoms with Crippen LogP contribution in [0.4, 0.5) is 0 Å². The molecule has 1 atom stereocenters. The summed E-state index contributed by atoms with van der Waals surface area (Å²) in [6.45, 7) is 8.06. The molecule has 0 aromatic rings. The summed E-state index contributed by atoms with van der Waals surface area (Å²) >= 11 is 0. The van der Waals surface area contributed by atoms with E-state index in [1.165, 1.54) is 12.8 Å². The molecular formula is C12H24N2O. The highest BCUT2D eigenvalue weighted by atomic mass is 16.2. The van der Waals surface area contributed by atoms with E-state index in [2.05, 4.69) is 19.2 Å². The molecule has 88 valence electrons. The van der Waals surface area contributed by atoms with E-state index in [4.69, 9.17) is 0 Å². The molecule has 0 aromatic carbocycles. The molecule has 3 nitrogen and oxygen atoms in total. The molecule has 1 amide bonds. The van der Waals surface area contributed by atoms with Crippen molar-refractivity contribution in [2.24, 2.45) is 5.92 Å². The van der Waals surface area contributed by atoms with Crippen molar-refractivity contribution in [2.75, 3.05) is 26.2 Å². The lowest BCUT2D eigenvalue weighted by Crippen LogP contribution is -2.37. The summed E-state index contributed by atoms with van der Waals surface area (Å²) in [5, 5.41) is 3.32. The Kier molecular flexibility index (Phi) is 5.69. The molecule has 0 saturated carbocycles. The third-order valence-electron chi connectivity index (χ3n) is 3.06. The van der Waals surface area contributed by atoms with Crippen LogP contribution in [0.5, 0.6) is 0 Å². The zero-order valence-electron chi connectivity index (χ0n) is 10.1. The molecule has 3 heteroatoms. The van der Waals surface area contributed by atoms with E-state index in [0.717, 1.165) is 39.0 Å². The van der Waals surface area contributed by atoms with Crippen molar-refractivity contribution in [3.05, 3.63) is 0 Å². The van der Waals surface area contributed by atoms with Crippen LogP contribution in [0, 0.1) is 5.92 Å². The highest BCUT2D eigenvalue weighted by Gasteiger charge is 2.20. The van der Waals surface area contributed by atoms with Crippen molar-refractivity contribution in [3.63, 3.8) is 0 Å². The van der Waals surface area contributed by atoms with Crippen LogP contribution in [0.3, 0.4) is 0 Å². The fourth-order valence-corrected chi connectivity index (χ4v) is 2.01. The second-order valence-electron chi connectivity index (χ2n) is 4.47. The van der Waals surface area contributed by atoms with E-state index in [1.54, 1.807) is 0 Å². The van der Waals surface area contributed by atoms with E-state index in [-0.39, 0.29) is 5.92 Å². The first-order chi connectivity index (χ1) is 7.25. The van der Waals surface area contributed by atoms with Crippen molar-refractivity contribution in [3.8, 4) is 0 Å². The van der Waals surface area contributed by atoms with Gasteiger partial charge in [0, 0.05) is 25.6 Å². The Bertz CT molecular complexity index is 186. The summed E-state index contributed by atoms with van der Waals surface area (Å²) in [5.74, 6) is 0.565. The Hall–Kier alpha value is -0.570. The summed E-state index contributed by atoms with van der Waals surface area (Å²) in [6.07, 6.45) is 4.48. The first kappa shape index (κ1) is 12.5. The third kappa shape index (κ3) is 4.20. The lowest BCUT2D eigenvalue weighted by molar-refractivity contribution is -0.135. The summed E-state index contributed by atoms with van der Waals surface area (Å²) in [5.41, 5.74) is 0. The predicted octanol–water partition coefficient (Wildman–Crippen LogP) is 1.63. The summed E-state index contributed by atoms with van der Waals surface area (Å²) in [6, 6.07) is 0. The second kappa shape index (κ2) is 6.83. The maximum Gasteiger partial charge on any atom is 0.225 e. The van der Waals surface area contributed by atoms with E-state index in [1.807, 2.05) is 4.90 Å². The van der Waals surface area contributed by atoms with Gasteiger partial charge in [-0.2, -0.15) is 0 Å². The third-order valence-corrected chi connectivity index (χ3v) is 3.06. The molecule has 15 heavy (non-hydrogen) atoms. The monoisotopic (exact) mass is 212 g/mol. The summed E-state index contributed by atoms with van der Waals surface area (Å²) in [7, 11) is 0. The van der Waals surface area contributed by atoms with E-state index >= 15 is 0 Å². The van der Waals surface area contributed by atoms with Crippen LogP contribution in [0.25, 0.3) is 0 Å². The molecule has 0 aliphatic carbocycles. The smallest absolute Gasteiger partial charge is 0.225 e. The Morgan fingerprint density at radius 1 is 1.40 bits per heavy atom. The number of hydrogen-bond acceptors (Lipinski definition) is 2. The molecule has 1 aliphatic rings. The molecule has 1 aliphatic heterocycles. The van der Waals surface area contributed by atoms with Gasteiger partial charge < -0.3 is 10.2 Å². The molecule has 0 aromatic heterocycles. The fourth-order valence-electron chi connectivity index (χ4n) is 2.01. The fraction of sp³-hybridized carbons (Fsp3) is 0.917. The van der Waals surface area contributed by atoms with Crippen LogP contribution in [-0.2, 0) is 4.79 Å². The maximum absolute atomic E-state index is 12.1. The van der Waals surface area contributed by atoms with Gasteiger partial charge in [0.05, 0.1) is 0 Å². The Balaban J connectivity index is 2.35. The van der Waals surface area contributed by atoms with Gasteiger partial charge in [0.15, 0.2) is 0 Å². The van der Waals surface area contributed by atoms with Gasteiger partial charge in [0.2, 0.25) is 5.91 Å². The van der Waals surface area contributed by atoms with Gasteiger partial charge in [-0.25, -0.2) is 0 Å². The zero-order chi connectivity index (χ0) is 11.1. The van der Waals surface area contributed by atoms with Gasteiger partial charge in [0.25, 0.3) is 0 Å². The zero-order valence-corrected chi connectivity index (χ0v) is 10.1. The molecule has 1 rings (SSSR count). The Morgan fingerprint density at radius 2 is 2.20 bits per heavy atom. The minimum atomic E-state index is 0.211. The van der Waals surface area contributed by atoms with E-state index in [9.17, 15) is 4.79 Å². The average molecular weight is 212 g/mol. The number of hydrogen-bond donors (Lipinski definition) is 1. The van der Waals surface area contributed by atoms with Gasteiger partial charge in [-0.15, -0.1) is 0 Å². The predicted molar refractivity (Wildman–Crippen MR) is 62.8 cm³/mol. The molecule has 1 fully saturated rings. The Labute approximate surface area is 93.2 Å². The quantitative estimate of drug-likeness (QED) is 0.768. The molecule has 0 spiro atoms. The normalized spacial score (nSPS) is 19.7. The molecule has 0 radical (unpaired) electrons. The first-order valence-corrected chi connectivity index (χ1v) is 6.25. The molecule has 1 unspecified atom stereocenters. The summed E-state index contributed by atoms with van der Waals surface area (Å²) in [4.78, 5) is 14.1. The van der Waals surface area contributed by atoms with Gasteiger partial charge in [0.1, 0.15) is 0 Å². The number of unbranched alkanes of at least 4 members (excludes halogenated alkanes) is 1. The molecule has 0 bridgehead atoms. The number of nitrogens with one attached hydrogen (secondary N) is 1. The van der Waals surface area contributed by atoms with Crippen molar-refractivity contribution < 1.29 is 4.79 Å². The molecule has 1 saturated heterocycles. The van der Waals surface area contributed by atoms with Crippen LogP contribution in [0.15, 0.2) is 0 Å². The standard InChI is InChI=1S/C12H24N2O/c1-3-4-6-11(2)12(15)14-9-5-7-13-8-10-14/h11,13H,3-10H2,1-2H3.